The highest BCUT2D eigenvalue weighted by atomic mass is 16.4. The highest BCUT2D eigenvalue weighted by Gasteiger charge is 2.09. The molecule has 0 radical (unpaired) electrons. The van der Waals surface area contributed by atoms with Crippen molar-refractivity contribution in [3.63, 3.8) is 0 Å². The van der Waals surface area contributed by atoms with Gasteiger partial charge in [0.1, 0.15) is 0 Å². The number of carbonyl (C=O) groups is 1. The number of carboxylic acid groups (broad SMARTS) is 1. The molecule has 4 heteroatoms. The van der Waals surface area contributed by atoms with Crippen LogP contribution in [-0.4, -0.2) is 27.8 Å². The molecule has 0 amide bonds. The Morgan fingerprint density at radius 2 is 2.27 bits per heavy atom. The second kappa shape index (κ2) is 3.21. The summed E-state index contributed by atoms with van der Waals surface area (Å²) in [6.45, 7) is -0.0296. The Kier molecular flexibility index (Phi) is 2.28. The molecule has 1 aromatic heterocycles. The van der Waals surface area contributed by atoms with E-state index in [2.05, 4.69) is 4.98 Å². The topological polar surface area (TPSA) is 73.3 Å². The largest absolute Gasteiger partial charge is 0.478 e. The lowest BCUT2D eigenvalue weighted by atomic mass is 10.1. The van der Waals surface area contributed by atoms with Gasteiger partial charge in [0, 0.05) is 19.0 Å². The van der Waals surface area contributed by atoms with Crippen molar-refractivity contribution in [1.29, 1.82) is 0 Å². The molecule has 3 N–H and O–H groups in total. The maximum absolute atomic E-state index is 10.5. The molecule has 0 fully saturated rings. The van der Waals surface area contributed by atoms with E-state index in [9.17, 15) is 4.79 Å². The van der Waals surface area contributed by atoms with Crippen LogP contribution in [0.2, 0.25) is 0 Å². The van der Waals surface area contributed by atoms with Crippen molar-refractivity contribution in [2.45, 2.75) is 6.42 Å². The number of rotatable bonds is 3. The number of aliphatic hydroxyl groups is 1. The van der Waals surface area contributed by atoms with Gasteiger partial charge in [-0.05, 0) is 12.0 Å². The van der Waals surface area contributed by atoms with E-state index in [4.69, 9.17) is 10.2 Å². The SMILES string of the molecule is O=C(O)c1c[nH]cc1CCO. The quantitative estimate of drug-likeness (QED) is 0.585. The maximum Gasteiger partial charge on any atom is 0.337 e. The molecule has 1 rings (SSSR count). The van der Waals surface area contributed by atoms with Crippen molar-refractivity contribution in [1.82, 2.24) is 4.98 Å². The van der Waals surface area contributed by atoms with Crippen LogP contribution in [-0.2, 0) is 6.42 Å². The van der Waals surface area contributed by atoms with Gasteiger partial charge in [-0.2, -0.15) is 0 Å². The van der Waals surface area contributed by atoms with E-state index in [-0.39, 0.29) is 12.2 Å². The summed E-state index contributed by atoms with van der Waals surface area (Å²) in [6.07, 6.45) is 3.37. The third-order valence-electron chi connectivity index (χ3n) is 1.44. The number of aromatic amines is 1. The predicted octanol–water partition coefficient (Wildman–Crippen LogP) is 0.248. The van der Waals surface area contributed by atoms with Gasteiger partial charge in [0.25, 0.3) is 0 Å². The van der Waals surface area contributed by atoms with Crippen molar-refractivity contribution in [2.24, 2.45) is 0 Å². The van der Waals surface area contributed by atoms with E-state index in [1.165, 1.54) is 6.20 Å². The number of hydrogen-bond acceptors (Lipinski definition) is 2. The summed E-state index contributed by atoms with van der Waals surface area (Å²) in [5, 5.41) is 17.1. The number of aliphatic hydroxyl groups excluding tert-OH is 1. The highest BCUT2D eigenvalue weighted by Crippen LogP contribution is 2.07. The molecule has 0 atom stereocenters. The minimum absolute atomic E-state index is 0.0296. The second-order valence-electron chi connectivity index (χ2n) is 2.17. The van der Waals surface area contributed by atoms with Gasteiger partial charge in [0.2, 0.25) is 0 Å². The Morgan fingerprint density at radius 3 is 2.82 bits per heavy atom. The van der Waals surface area contributed by atoms with Gasteiger partial charge in [-0.3, -0.25) is 0 Å². The molecule has 0 spiro atoms. The Balaban J connectivity index is 2.87. The molecule has 0 aliphatic rings. The summed E-state index contributed by atoms with van der Waals surface area (Å²) in [7, 11) is 0. The van der Waals surface area contributed by atoms with Crippen LogP contribution in [0.5, 0.6) is 0 Å². The van der Waals surface area contributed by atoms with Crippen LogP contribution >= 0.6 is 0 Å². The fourth-order valence-corrected chi connectivity index (χ4v) is 0.922. The molecule has 1 aromatic rings. The lowest BCUT2D eigenvalue weighted by molar-refractivity contribution is 0.0696. The van der Waals surface area contributed by atoms with Gasteiger partial charge < -0.3 is 15.2 Å². The summed E-state index contributed by atoms with van der Waals surface area (Å²) in [4.78, 5) is 13.1. The molecule has 0 unspecified atom stereocenters. The fraction of sp³-hybridized carbons (Fsp3) is 0.286. The summed E-state index contributed by atoms with van der Waals surface area (Å²) in [5.74, 6) is -0.963. The Labute approximate surface area is 63.5 Å². The van der Waals surface area contributed by atoms with E-state index < -0.39 is 5.97 Å². The van der Waals surface area contributed by atoms with Crippen LogP contribution in [0.1, 0.15) is 15.9 Å². The van der Waals surface area contributed by atoms with E-state index in [0.29, 0.717) is 12.0 Å². The molecular weight excluding hydrogens is 146 g/mol. The first kappa shape index (κ1) is 7.81. The van der Waals surface area contributed by atoms with E-state index in [1.54, 1.807) is 6.20 Å². The van der Waals surface area contributed by atoms with Crippen molar-refractivity contribution in [2.75, 3.05) is 6.61 Å². The summed E-state index contributed by atoms with van der Waals surface area (Å²) >= 11 is 0. The van der Waals surface area contributed by atoms with Crippen LogP contribution in [0.25, 0.3) is 0 Å². The first-order valence-corrected chi connectivity index (χ1v) is 3.25. The van der Waals surface area contributed by atoms with Gasteiger partial charge >= 0.3 is 5.97 Å². The lowest BCUT2D eigenvalue weighted by Crippen LogP contribution is -2.00. The molecule has 0 aliphatic carbocycles. The molecule has 0 saturated carbocycles. The Hall–Kier alpha value is -1.29. The molecular formula is C7H9NO3. The molecule has 0 bridgehead atoms. The van der Waals surface area contributed by atoms with Crippen molar-refractivity contribution in [3.8, 4) is 0 Å². The van der Waals surface area contributed by atoms with Crippen LogP contribution in [0.4, 0.5) is 0 Å². The first-order chi connectivity index (χ1) is 5.25. The zero-order valence-electron chi connectivity index (χ0n) is 5.87. The average Bonchev–Trinajstić information content (AvgIpc) is 2.36. The van der Waals surface area contributed by atoms with Gasteiger partial charge in [-0.1, -0.05) is 0 Å². The number of aromatic nitrogens is 1. The Morgan fingerprint density at radius 1 is 1.55 bits per heavy atom. The molecule has 0 aliphatic heterocycles. The maximum atomic E-state index is 10.5. The molecule has 60 valence electrons. The molecule has 11 heavy (non-hydrogen) atoms. The predicted molar refractivity (Wildman–Crippen MR) is 38.5 cm³/mol. The molecule has 0 saturated heterocycles. The van der Waals surface area contributed by atoms with Gasteiger partial charge in [-0.25, -0.2) is 4.79 Å². The van der Waals surface area contributed by atoms with Crippen LogP contribution < -0.4 is 0 Å². The molecule has 1 heterocycles. The van der Waals surface area contributed by atoms with Crippen molar-refractivity contribution in [3.05, 3.63) is 23.5 Å². The lowest BCUT2D eigenvalue weighted by Gasteiger charge is -1.94. The number of aromatic carboxylic acids is 1. The number of H-pyrrole nitrogens is 1. The van der Waals surface area contributed by atoms with Crippen LogP contribution in [0.15, 0.2) is 12.4 Å². The third-order valence-corrected chi connectivity index (χ3v) is 1.44. The standard InChI is InChI=1S/C7H9NO3/c9-2-1-5-3-8-4-6(5)7(10)11/h3-4,8-9H,1-2H2,(H,10,11). The van der Waals surface area contributed by atoms with Crippen molar-refractivity contribution >= 4 is 5.97 Å². The third kappa shape index (κ3) is 1.59. The Bertz CT molecular complexity index is 254. The van der Waals surface area contributed by atoms with E-state index >= 15 is 0 Å². The summed E-state index contributed by atoms with van der Waals surface area (Å²) in [5.41, 5.74) is 0.874. The molecule has 4 nitrogen and oxygen atoms in total. The number of nitrogens with one attached hydrogen (secondary N) is 1. The highest BCUT2D eigenvalue weighted by molar-refractivity contribution is 5.89. The fourth-order valence-electron chi connectivity index (χ4n) is 0.922. The zero-order valence-corrected chi connectivity index (χ0v) is 5.87. The van der Waals surface area contributed by atoms with E-state index in [1.807, 2.05) is 0 Å². The smallest absolute Gasteiger partial charge is 0.337 e. The zero-order chi connectivity index (χ0) is 8.27. The van der Waals surface area contributed by atoms with Crippen LogP contribution in [0.3, 0.4) is 0 Å². The normalized spacial score (nSPS) is 9.91. The number of carboxylic acids is 1. The monoisotopic (exact) mass is 155 g/mol. The minimum Gasteiger partial charge on any atom is -0.478 e. The summed E-state index contributed by atoms with van der Waals surface area (Å²) < 4.78 is 0. The van der Waals surface area contributed by atoms with Gasteiger partial charge in [0.05, 0.1) is 5.56 Å². The van der Waals surface area contributed by atoms with Crippen molar-refractivity contribution < 1.29 is 15.0 Å². The average molecular weight is 155 g/mol. The second-order valence-corrected chi connectivity index (χ2v) is 2.17. The first-order valence-electron chi connectivity index (χ1n) is 3.25. The van der Waals surface area contributed by atoms with Crippen LogP contribution in [0, 0.1) is 0 Å². The number of hydrogen-bond donors (Lipinski definition) is 3. The van der Waals surface area contributed by atoms with Gasteiger partial charge in [-0.15, -0.1) is 0 Å². The van der Waals surface area contributed by atoms with E-state index in [0.717, 1.165) is 0 Å². The van der Waals surface area contributed by atoms with Gasteiger partial charge in [0.15, 0.2) is 0 Å². The summed E-state index contributed by atoms with van der Waals surface area (Å²) in [6, 6.07) is 0. The minimum atomic E-state index is -0.963. The molecule has 0 aromatic carbocycles.